The third kappa shape index (κ3) is 6.79. The summed E-state index contributed by atoms with van der Waals surface area (Å²) in [5.74, 6) is -3.54. The number of sulfonamides is 1. The van der Waals surface area contributed by atoms with Crippen LogP contribution in [0.3, 0.4) is 0 Å². The van der Waals surface area contributed by atoms with Crippen molar-refractivity contribution >= 4 is 25.8 Å². The number of benzene rings is 1. The van der Waals surface area contributed by atoms with Crippen LogP contribution in [0.2, 0.25) is 0 Å². The molecule has 1 aromatic carbocycles. The molecule has 0 amide bonds. The van der Waals surface area contributed by atoms with Crippen molar-refractivity contribution < 1.29 is 50.7 Å². The maximum Gasteiger partial charge on any atom is 0.430 e. The Morgan fingerprint density at radius 3 is 2.31 bits per heavy atom. The Balaban J connectivity index is 0.000000572. The van der Waals surface area contributed by atoms with Crippen molar-refractivity contribution in [3.8, 4) is 22.5 Å². The number of hydrogen-bond donors (Lipinski definition) is 4. The summed E-state index contributed by atoms with van der Waals surface area (Å²) in [5, 5.41) is 36.8. The predicted molar refractivity (Wildman–Crippen MR) is 111 cm³/mol. The van der Waals surface area contributed by atoms with Crippen molar-refractivity contribution in [2.45, 2.75) is 22.6 Å². The van der Waals surface area contributed by atoms with Gasteiger partial charge >= 0.3 is 6.18 Å². The van der Waals surface area contributed by atoms with E-state index in [-0.39, 0.29) is 35.9 Å². The van der Waals surface area contributed by atoms with E-state index in [2.05, 4.69) is 31.3 Å². The number of sulfone groups is 1. The minimum absolute atomic E-state index is 0.0359. The number of nitrogens with zero attached hydrogens (tertiary/aromatic N) is 4. The van der Waals surface area contributed by atoms with Gasteiger partial charge in [-0.1, -0.05) is 6.07 Å². The van der Waals surface area contributed by atoms with Crippen LogP contribution < -0.4 is 16.0 Å². The van der Waals surface area contributed by atoms with Gasteiger partial charge in [0.25, 0.3) is 0 Å². The van der Waals surface area contributed by atoms with Crippen LogP contribution in [0.1, 0.15) is 5.56 Å². The van der Waals surface area contributed by atoms with E-state index in [4.69, 9.17) is 15.0 Å². The van der Waals surface area contributed by atoms with Crippen LogP contribution in [0.4, 0.5) is 13.2 Å². The lowest BCUT2D eigenvalue weighted by Gasteiger charge is -2.16. The number of carboxylic acid groups (broad SMARTS) is 1. The quantitative estimate of drug-likeness (QED) is 0.236. The van der Waals surface area contributed by atoms with E-state index in [0.717, 1.165) is 6.07 Å². The van der Waals surface area contributed by atoms with E-state index in [9.17, 15) is 35.1 Å². The number of nitrogens with one attached hydrogen (secondary N) is 1. The number of aromatic nitrogens is 5. The lowest BCUT2D eigenvalue weighted by atomic mass is 9.99. The number of nitrogens with two attached hydrogens (primary N) is 1. The number of alkyl halides is 3. The van der Waals surface area contributed by atoms with Crippen molar-refractivity contribution in [1.82, 2.24) is 25.6 Å². The number of rotatable bonds is 7. The van der Waals surface area contributed by atoms with Crippen LogP contribution in [0.15, 0.2) is 40.4 Å². The first kappa shape index (κ1) is 28.7. The molecule has 0 spiro atoms. The first-order valence-electron chi connectivity index (χ1n) is 9.42. The SMILES string of the molecule is NS(=O)(=O)c1c(S(=O)(=O)CC[NH3+])ccc(-c2cncc(CO)c2)c1-c1nn[nH]n1.O=C([O-])C(F)(F)F. The Kier molecular flexibility index (Phi) is 8.80. The zero-order chi connectivity index (χ0) is 27.3. The van der Waals surface area contributed by atoms with Gasteiger partial charge in [0.15, 0.2) is 9.84 Å². The molecule has 0 saturated heterocycles. The molecule has 196 valence electrons. The van der Waals surface area contributed by atoms with E-state index in [0.29, 0.717) is 11.1 Å². The fourth-order valence-electron chi connectivity index (χ4n) is 2.84. The number of hydrogen-bond acceptors (Lipinski definition) is 11. The molecule has 2 aromatic heterocycles. The molecule has 3 rings (SSSR count). The van der Waals surface area contributed by atoms with Gasteiger partial charge in [-0.3, -0.25) is 4.98 Å². The molecule has 3 aromatic rings. The predicted octanol–water partition coefficient (Wildman–Crippen LogP) is -2.62. The van der Waals surface area contributed by atoms with Crippen molar-refractivity contribution in [2.24, 2.45) is 5.14 Å². The third-order valence-electron chi connectivity index (χ3n) is 4.24. The van der Waals surface area contributed by atoms with Crippen molar-refractivity contribution in [1.29, 1.82) is 0 Å². The van der Waals surface area contributed by atoms with Gasteiger partial charge in [0.05, 0.1) is 23.6 Å². The fraction of sp³-hybridized carbons (Fsp3) is 0.235. The number of primary sulfonamides is 1. The number of H-pyrrole nitrogens is 1. The zero-order valence-corrected chi connectivity index (χ0v) is 19.6. The van der Waals surface area contributed by atoms with Gasteiger partial charge in [-0.25, -0.2) is 22.0 Å². The normalized spacial score (nSPS) is 12.1. The number of aliphatic hydroxyl groups is 1. The largest absolute Gasteiger partial charge is 0.542 e. The summed E-state index contributed by atoms with van der Waals surface area (Å²) in [6.45, 7) is -0.259. The number of aliphatic hydroxyl groups excluding tert-OH is 1. The standard InChI is InChI=1S/C15H17N7O5S2.C2HF3O2/c16-3-4-28(24,25)12-2-1-11(10-5-9(8-23)6-18-7-10)13(14(12)29(17,26)27)15-19-21-22-20-15;3-2(4,5)1(6)7/h1-2,5-7,23H,3-4,8,16H2,(H2,17,26,27)(H,19,20,21,22);(H,6,7). The number of aliphatic carboxylic acids is 1. The minimum atomic E-state index is -5.19. The summed E-state index contributed by atoms with van der Waals surface area (Å²) >= 11 is 0. The van der Waals surface area contributed by atoms with Gasteiger partial charge < -0.3 is 20.7 Å². The Labute approximate surface area is 201 Å². The highest BCUT2D eigenvalue weighted by Crippen LogP contribution is 2.38. The second kappa shape index (κ2) is 11.0. The molecule has 0 radical (unpaired) electrons. The van der Waals surface area contributed by atoms with Crippen LogP contribution in [0.5, 0.6) is 0 Å². The fourth-order valence-corrected chi connectivity index (χ4v) is 5.67. The number of carboxylic acids is 1. The molecule has 2 heterocycles. The molecule has 0 atom stereocenters. The van der Waals surface area contributed by atoms with E-state index < -0.39 is 41.8 Å². The smallest absolute Gasteiger partial charge is 0.430 e. The van der Waals surface area contributed by atoms with Gasteiger partial charge in [0, 0.05) is 18.0 Å². The number of quaternary nitrogens is 1. The maximum absolute atomic E-state index is 12.7. The number of carbonyl (C=O) groups is 1. The molecule has 0 aliphatic rings. The average molecular weight is 554 g/mol. The summed E-state index contributed by atoms with van der Waals surface area (Å²) in [6, 6.07) is 4.15. The number of aromatic amines is 1. The van der Waals surface area contributed by atoms with Crippen molar-refractivity contribution in [3.05, 3.63) is 36.2 Å². The molecular weight excluding hydrogens is 535 g/mol. The van der Waals surface area contributed by atoms with E-state index >= 15 is 0 Å². The summed E-state index contributed by atoms with van der Waals surface area (Å²) in [5.41, 5.74) is 4.50. The monoisotopic (exact) mass is 553 g/mol. The third-order valence-corrected chi connectivity index (χ3v) is 7.20. The zero-order valence-electron chi connectivity index (χ0n) is 17.9. The van der Waals surface area contributed by atoms with Crippen LogP contribution in [-0.2, 0) is 31.3 Å². The molecule has 0 aliphatic heterocycles. The van der Waals surface area contributed by atoms with Gasteiger partial charge in [-0.05, 0) is 28.5 Å². The average Bonchev–Trinajstić information content (AvgIpc) is 3.32. The van der Waals surface area contributed by atoms with Crippen LogP contribution in [-0.4, -0.2) is 72.0 Å². The van der Waals surface area contributed by atoms with Crippen molar-refractivity contribution in [2.75, 3.05) is 12.3 Å². The second-order valence-corrected chi connectivity index (χ2v) is 10.4. The summed E-state index contributed by atoms with van der Waals surface area (Å²) in [7, 11) is -8.54. The Hall–Kier alpha value is -3.52. The second-order valence-electron chi connectivity index (χ2n) is 6.79. The van der Waals surface area contributed by atoms with E-state index in [1.807, 2.05) is 0 Å². The highest BCUT2D eigenvalue weighted by molar-refractivity contribution is 7.93. The maximum atomic E-state index is 12.7. The highest BCUT2D eigenvalue weighted by Gasteiger charge is 2.32. The molecular formula is C17H18F3N7O7S2. The van der Waals surface area contributed by atoms with Gasteiger partial charge in [-0.15, -0.1) is 10.2 Å². The van der Waals surface area contributed by atoms with Crippen LogP contribution in [0.25, 0.3) is 22.5 Å². The first-order valence-corrected chi connectivity index (χ1v) is 12.6. The lowest BCUT2D eigenvalue weighted by Crippen LogP contribution is -2.53. The molecule has 7 N–H and O–H groups in total. The van der Waals surface area contributed by atoms with Crippen LogP contribution in [0, 0.1) is 0 Å². The molecule has 0 bridgehead atoms. The minimum Gasteiger partial charge on any atom is -0.542 e. The number of halogens is 3. The van der Waals surface area contributed by atoms with E-state index in [1.165, 1.54) is 18.5 Å². The molecule has 36 heavy (non-hydrogen) atoms. The molecule has 14 nitrogen and oxygen atoms in total. The summed E-state index contributed by atoms with van der Waals surface area (Å²) in [4.78, 5) is 11.7. The molecule has 0 saturated carbocycles. The Morgan fingerprint density at radius 2 is 1.83 bits per heavy atom. The van der Waals surface area contributed by atoms with Crippen LogP contribution >= 0.6 is 0 Å². The lowest BCUT2D eigenvalue weighted by molar-refractivity contribution is -0.360. The molecule has 0 aliphatic carbocycles. The number of pyridine rings is 1. The summed E-state index contributed by atoms with van der Waals surface area (Å²) < 4.78 is 81.9. The molecule has 0 fully saturated rings. The van der Waals surface area contributed by atoms with E-state index in [1.54, 1.807) is 6.07 Å². The van der Waals surface area contributed by atoms with Crippen molar-refractivity contribution in [3.63, 3.8) is 0 Å². The first-order chi connectivity index (χ1) is 16.6. The Bertz CT molecular complexity index is 1450. The van der Waals surface area contributed by atoms with Gasteiger partial charge in [-0.2, -0.15) is 18.4 Å². The number of tetrazole rings is 1. The number of carbonyl (C=O) groups excluding carboxylic acids is 1. The highest BCUT2D eigenvalue weighted by atomic mass is 32.2. The van der Waals surface area contributed by atoms with Gasteiger partial charge in [0.2, 0.25) is 15.8 Å². The molecule has 19 heteroatoms. The topological polar surface area (TPSA) is 250 Å². The van der Waals surface area contributed by atoms with Gasteiger partial charge in [0.1, 0.15) is 16.6 Å². The summed E-state index contributed by atoms with van der Waals surface area (Å²) in [6.07, 6.45) is -2.33. The molecule has 0 unspecified atom stereocenters. The Morgan fingerprint density at radius 1 is 1.19 bits per heavy atom.